The van der Waals surface area contributed by atoms with Crippen LogP contribution in [0.15, 0.2) is 59.6 Å². The highest BCUT2D eigenvalue weighted by Crippen LogP contribution is 2.30. The predicted molar refractivity (Wildman–Crippen MR) is 156 cm³/mol. The van der Waals surface area contributed by atoms with Crippen molar-refractivity contribution in [2.45, 2.75) is 50.2 Å². The second-order valence-corrected chi connectivity index (χ2v) is 12.3. The Bertz CT molecular complexity index is 1480. The van der Waals surface area contributed by atoms with Gasteiger partial charge in [0.2, 0.25) is 15.9 Å². The van der Waals surface area contributed by atoms with Crippen molar-refractivity contribution < 1.29 is 32.3 Å². The largest absolute Gasteiger partial charge is 0.492 e. The third-order valence-electron chi connectivity index (χ3n) is 6.09. The van der Waals surface area contributed by atoms with Gasteiger partial charge in [-0.15, -0.1) is 0 Å². The van der Waals surface area contributed by atoms with Crippen LogP contribution in [0.1, 0.15) is 32.8 Å². The first-order valence-electron chi connectivity index (χ1n) is 13.0. The minimum atomic E-state index is -4.36. The summed E-state index contributed by atoms with van der Waals surface area (Å²) in [5.74, 6) is -1.41. The van der Waals surface area contributed by atoms with Gasteiger partial charge in [0.25, 0.3) is 0 Å². The average molecular weight is 587 g/mol. The number of hydroxylamine groups is 2. The summed E-state index contributed by atoms with van der Waals surface area (Å²) < 4.78 is 41.1. The Morgan fingerprint density at radius 2 is 1.78 bits per heavy atom. The summed E-state index contributed by atoms with van der Waals surface area (Å²) in [5.41, 5.74) is 1.67. The number of rotatable bonds is 12. The van der Waals surface area contributed by atoms with Crippen molar-refractivity contribution in [3.8, 4) is 5.75 Å². The standard InChI is InChI=1S/C29H38N4O7S/c1-29(2,3)40-28(35)24(19-27(34)33(6)38-7)31-41(36,37)26-14-13-21(32(4)5)18-25(26)39-17-15-20-10-8-12-23-22(20)11-9-16-30-23/h8-14,16,18,24,31H,15,17,19H2,1-7H3/t24-/m0/s1. The lowest BCUT2D eigenvalue weighted by molar-refractivity contribution is -0.172. The number of hydrogen-bond donors (Lipinski definition) is 1. The van der Waals surface area contributed by atoms with Crippen molar-refractivity contribution in [1.29, 1.82) is 0 Å². The normalized spacial score (nSPS) is 12.6. The van der Waals surface area contributed by atoms with E-state index in [1.54, 1.807) is 39.1 Å². The van der Waals surface area contributed by atoms with Crippen molar-refractivity contribution in [3.05, 3.63) is 60.3 Å². The van der Waals surface area contributed by atoms with Gasteiger partial charge in [-0.25, -0.2) is 13.5 Å². The van der Waals surface area contributed by atoms with E-state index < -0.39 is 40.0 Å². The third kappa shape index (κ3) is 8.62. The Balaban J connectivity index is 1.90. The highest BCUT2D eigenvalue weighted by molar-refractivity contribution is 7.89. The number of ether oxygens (including phenoxy) is 2. The zero-order chi connectivity index (χ0) is 30.4. The number of hydrogen-bond acceptors (Lipinski definition) is 9. The number of pyridine rings is 1. The Kier molecular flexibility index (Phi) is 10.3. The number of nitrogens with one attached hydrogen (secondary N) is 1. The van der Waals surface area contributed by atoms with E-state index in [0.717, 1.165) is 21.5 Å². The molecule has 0 saturated heterocycles. The number of anilines is 1. The van der Waals surface area contributed by atoms with Crippen LogP contribution in [0.2, 0.25) is 0 Å². The molecule has 0 aliphatic rings. The zero-order valence-corrected chi connectivity index (χ0v) is 25.3. The first-order chi connectivity index (χ1) is 19.2. The van der Waals surface area contributed by atoms with Gasteiger partial charge in [0.1, 0.15) is 22.3 Å². The summed E-state index contributed by atoms with van der Waals surface area (Å²) in [6.45, 7) is 5.13. The van der Waals surface area contributed by atoms with Gasteiger partial charge in [-0.05, 0) is 50.6 Å². The van der Waals surface area contributed by atoms with Crippen molar-refractivity contribution >= 4 is 38.5 Å². The molecule has 0 unspecified atom stereocenters. The minimum Gasteiger partial charge on any atom is -0.492 e. The summed E-state index contributed by atoms with van der Waals surface area (Å²) in [7, 11) is 1.94. The number of carbonyl (C=O) groups excluding carboxylic acids is 2. The maximum Gasteiger partial charge on any atom is 0.325 e. The molecule has 11 nitrogen and oxygen atoms in total. The Morgan fingerprint density at radius 3 is 2.44 bits per heavy atom. The molecule has 3 aromatic rings. The van der Waals surface area contributed by atoms with Crippen LogP contribution < -0.4 is 14.4 Å². The molecule has 2 aromatic carbocycles. The van der Waals surface area contributed by atoms with Crippen LogP contribution in [0.3, 0.4) is 0 Å². The molecule has 1 atom stereocenters. The van der Waals surface area contributed by atoms with E-state index in [-0.39, 0.29) is 17.3 Å². The number of esters is 1. The fourth-order valence-corrected chi connectivity index (χ4v) is 5.28. The van der Waals surface area contributed by atoms with Gasteiger partial charge in [-0.2, -0.15) is 4.72 Å². The Hall–Kier alpha value is -3.74. The van der Waals surface area contributed by atoms with Gasteiger partial charge >= 0.3 is 5.97 Å². The molecule has 0 fully saturated rings. The Labute approximate surface area is 241 Å². The van der Waals surface area contributed by atoms with Gasteiger partial charge in [0.15, 0.2) is 0 Å². The van der Waals surface area contributed by atoms with E-state index in [4.69, 9.17) is 14.3 Å². The van der Waals surface area contributed by atoms with E-state index in [0.29, 0.717) is 12.1 Å². The van der Waals surface area contributed by atoms with Crippen LogP contribution in [0.4, 0.5) is 5.69 Å². The number of amides is 1. The molecule has 0 radical (unpaired) electrons. The Morgan fingerprint density at radius 1 is 1.05 bits per heavy atom. The minimum absolute atomic E-state index is 0.102. The lowest BCUT2D eigenvalue weighted by Crippen LogP contribution is -2.47. The van der Waals surface area contributed by atoms with Gasteiger partial charge < -0.3 is 14.4 Å². The van der Waals surface area contributed by atoms with E-state index in [1.165, 1.54) is 20.2 Å². The second kappa shape index (κ2) is 13.3. The molecule has 0 aliphatic carbocycles. The van der Waals surface area contributed by atoms with Crippen LogP contribution in [-0.4, -0.2) is 76.8 Å². The molecule has 1 N–H and O–H groups in total. The van der Waals surface area contributed by atoms with Crippen LogP contribution in [0, 0.1) is 0 Å². The molecule has 0 bridgehead atoms. The van der Waals surface area contributed by atoms with E-state index in [9.17, 15) is 18.0 Å². The van der Waals surface area contributed by atoms with Crippen LogP contribution in [0.5, 0.6) is 5.75 Å². The number of carbonyl (C=O) groups is 2. The van der Waals surface area contributed by atoms with Crippen molar-refractivity contribution in [2.75, 3.05) is 39.8 Å². The summed E-state index contributed by atoms with van der Waals surface area (Å²) in [6.07, 6.45) is 1.71. The number of fused-ring (bicyclic) bond motifs is 1. The van der Waals surface area contributed by atoms with Crippen LogP contribution in [-0.2, 0) is 35.6 Å². The topological polar surface area (TPSA) is 127 Å². The van der Waals surface area contributed by atoms with Gasteiger partial charge in [0.05, 0.1) is 25.7 Å². The maximum atomic E-state index is 13.7. The molecule has 222 valence electrons. The SMILES string of the molecule is CON(C)C(=O)C[C@H](NS(=O)(=O)c1ccc(N(C)C)cc1OCCc1cccc2ncccc12)C(=O)OC(C)(C)C. The summed E-state index contributed by atoms with van der Waals surface area (Å²) >= 11 is 0. The number of sulfonamides is 1. The summed E-state index contributed by atoms with van der Waals surface area (Å²) in [5, 5.41) is 1.90. The van der Waals surface area contributed by atoms with E-state index in [2.05, 4.69) is 9.71 Å². The molecule has 0 spiro atoms. The quantitative estimate of drug-likeness (QED) is 0.251. The second-order valence-electron chi connectivity index (χ2n) is 10.6. The molecule has 1 amide bonds. The zero-order valence-electron chi connectivity index (χ0n) is 24.5. The molecule has 1 aromatic heterocycles. The number of nitrogens with zero attached hydrogens (tertiary/aromatic N) is 3. The van der Waals surface area contributed by atoms with Crippen LogP contribution >= 0.6 is 0 Å². The van der Waals surface area contributed by atoms with Gasteiger partial charge in [-0.3, -0.25) is 19.4 Å². The fraction of sp³-hybridized carbons (Fsp3) is 0.414. The lowest BCUT2D eigenvalue weighted by atomic mass is 10.1. The number of aromatic nitrogens is 1. The summed E-state index contributed by atoms with van der Waals surface area (Å²) in [6, 6.07) is 12.8. The molecule has 12 heteroatoms. The molecule has 1 heterocycles. The molecule has 3 rings (SSSR count). The monoisotopic (exact) mass is 586 g/mol. The lowest BCUT2D eigenvalue weighted by Gasteiger charge is -2.25. The first-order valence-corrected chi connectivity index (χ1v) is 14.5. The maximum absolute atomic E-state index is 13.7. The van der Waals surface area contributed by atoms with Gasteiger partial charge in [-0.1, -0.05) is 18.2 Å². The average Bonchev–Trinajstić information content (AvgIpc) is 2.91. The van der Waals surface area contributed by atoms with Crippen LogP contribution in [0.25, 0.3) is 10.9 Å². The first kappa shape index (κ1) is 31.8. The van der Waals surface area contributed by atoms with E-state index >= 15 is 0 Å². The molecular formula is C29H38N4O7S. The van der Waals surface area contributed by atoms with Crippen molar-refractivity contribution in [1.82, 2.24) is 14.8 Å². The summed E-state index contributed by atoms with van der Waals surface area (Å²) in [4.78, 5) is 36.4. The smallest absolute Gasteiger partial charge is 0.325 e. The highest BCUT2D eigenvalue weighted by Gasteiger charge is 2.34. The van der Waals surface area contributed by atoms with Gasteiger partial charge in [0, 0.05) is 50.9 Å². The number of benzene rings is 2. The molecule has 0 saturated carbocycles. The van der Waals surface area contributed by atoms with Crippen molar-refractivity contribution in [2.24, 2.45) is 0 Å². The molecule has 0 aliphatic heterocycles. The van der Waals surface area contributed by atoms with Crippen molar-refractivity contribution in [3.63, 3.8) is 0 Å². The molecule has 41 heavy (non-hydrogen) atoms. The third-order valence-corrected chi connectivity index (χ3v) is 7.60. The highest BCUT2D eigenvalue weighted by atomic mass is 32.2. The fourth-order valence-electron chi connectivity index (χ4n) is 3.97. The molecular weight excluding hydrogens is 548 g/mol. The predicted octanol–water partition coefficient (Wildman–Crippen LogP) is 3.32. The van der Waals surface area contributed by atoms with E-state index in [1.807, 2.05) is 49.3 Å².